The highest BCUT2D eigenvalue weighted by atomic mass is 127. The van der Waals surface area contributed by atoms with Crippen molar-refractivity contribution in [2.24, 2.45) is 0 Å². The van der Waals surface area contributed by atoms with E-state index in [4.69, 9.17) is 0 Å². The quantitative estimate of drug-likeness (QED) is 0.614. The Balaban J connectivity index is 2.93. The maximum Gasteiger partial charge on any atom is 0.416 e. The summed E-state index contributed by atoms with van der Waals surface area (Å²) in [6.07, 6.45) is -2.72. The maximum absolute atomic E-state index is 12.3. The molecule has 0 N–H and O–H groups in total. The van der Waals surface area contributed by atoms with Crippen LogP contribution in [0, 0.1) is 3.57 Å². The zero-order valence-corrected chi connectivity index (χ0v) is 9.80. The molecule has 0 aliphatic carbocycles. The van der Waals surface area contributed by atoms with E-state index in [2.05, 4.69) is 0 Å². The molecule has 0 saturated carbocycles. The molecule has 0 spiro atoms. The average Bonchev–Trinajstić information content (AvgIpc) is 2.14. The lowest BCUT2D eigenvalue weighted by atomic mass is 10.1. The van der Waals surface area contributed by atoms with Gasteiger partial charge in [0.25, 0.3) is 0 Å². The van der Waals surface area contributed by atoms with E-state index in [1.165, 1.54) is 6.07 Å². The van der Waals surface area contributed by atoms with Crippen molar-refractivity contribution in [3.8, 4) is 0 Å². The van der Waals surface area contributed by atoms with Crippen LogP contribution in [0.2, 0.25) is 0 Å². The third-order valence-corrected chi connectivity index (χ3v) is 2.92. The van der Waals surface area contributed by atoms with Gasteiger partial charge in [0.2, 0.25) is 0 Å². The van der Waals surface area contributed by atoms with Gasteiger partial charge in [-0.1, -0.05) is 6.07 Å². The van der Waals surface area contributed by atoms with Gasteiger partial charge in [-0.15, -0.1) is 0 Å². The first-order chi connectivity index (χ1) is 6.95. The van der Waals surface area contributed by atoms with Gasteiger partial charge in [-0.25, -0.2) is 0 Å². The van der Waals surface area contributed by atoms with E-state index in [-0.39, 0.29) is 0 Å². The standard InChI is InChI=1S/C10H8F3IO/c11-10(12,13)8-4-3-7(2-1-5-15)9(14)6-8/h3-6H,1-2H2. The van der Waals surface area contributed by atoms with Crippen LogP contribution in [-0.4, -0.2) is 6.29 Å². The number of benzene rings is 1. The molecule has 1 aromatic carbocycles. The van der Waals surface area contributed by atoms with Gasteiger partial charge in [-0.3, -0.25) is 0 Å². The molecule has 15 heavy (non-hydrogen) atoms. The van der Waals surface area contributed by atoms with E-state index in [0.29, 0.717) is 16.4 Å². The largest absolute Gasteiger partial charge is 0.416 e. The second-order valence-corrected chi connectivity index (χ2v) is 4.17. The van der Waals surface area contributed by atoms with Crippen molar-refractivity contribution in [3.63, 3.8) is 0 Å². The smallest absolute Gasteiger partial charge is 0.303 e. The molecule has 0 heterocycles. The van der Waals surface area contributed by atoms with Crippen LogP contribution in [-0.2, 0) is 17.4 Å². The minimum Gasteiger partial charge on any atom is -0.303 e. The topological polar surface area (TPSA) is 17.1 Å². The van der Waals surface area contributed by atoms with Crippen LogP contribution in [0.25, 0.3) is 0 Å². The van der Waals surface area contributed by atoms with Crippen molar-refractivity contribution in [1.82, 2.24) is 0 Å². The van der Waals surface area contributed by atoms with E-state index in [0.717, 1.165) is 24.0 Å². The molecule has 0 amide bonds. The fourth-order valence-corrected chi connectivity index (χ4v) is 1.93. The summed E-state index contributed by atoms with van der Waals surface area (Å²) in [6.45, 7) is 0. The van der Waals surface area contributed by atoms with E-state index in [1.54, 1.807) is 0 Å². The lowest BCUT2D eigenvalue weighted by molar-refractivity contribution is -0.137. The van der Waals surface area contributed by atoms with E-state index >= 15 is 0 Å². The molecule has 0 bridgehead atoms. The molecular formula is C10H8F3IO. The Morgan fingerprint density at radius 2 is 2.00 bits per heavy atom. The normalized spacial score (nSPS) is 11.5. The van der Waals surface area contributed by atoms with Gasteiger partial charge in [-0.2, -0.15) is 13.2 Å². The van der Waals surface area contributed by atoms with E-state index < -0.39 is 11.7 Å². The van der Waals surface area contributed by atoms with Crippen molar-refractivity contribution in [2.75, 3.05) is 0 Å². The number of alkyl halides is 3. The van der Waals surface area contributed by atoms with Gasteiger partial charge in [0.05, 0.1) is 5.56 Å². The highest BCUT2D eigenvalue weighted by Gasteiger charge is 2.30. The molecule has 5 heteroatoms. The monoisotopic (exact) mass is 328 g/mol. The molecular weight excluding hydrogens is 320 g/mol. The summed E-state index contributed by atoms with van der Waals surface area (Å²) in [5, 5.41) is 0. The molecule has 1 nitrogen and oxygen atoms in total. The summed E-state index contributed by atoms with van der Waals surface area (Å²) in [5.41, 5.74) is 0.123. The number of aldehydes is 1. The van der Waals surface area contributed by atoms with Crippen molar-refractivity contribution in [2.45, 2.75) is 19.0 Å². The number of rotatable bonds is 3. The fraction of sp³-hybridized carbons (Fsp3) is 0.300. The van der Waals surface area contributed by atoms with Crippen LogP contribution in [0.15, 0.2) is 18.2 Å². The molecule has 0 aromatic heterocycles. The van der Waals surface area contributed by atoms with Crippen LogP contribution in [0.5, 0.6) is 0 Å². The molecule has 0 aliphatic rings. The van der Waals surface area contributed by atoms with Crippen LogP contribution in [0.4, 0.5) is 13.2 Å². The highest BCUT2D eigenvalue weighted by Crippen LogP contribution is 2.31. The summed E-state index contributed by atoms with van der Waals surface area (Å²) in [6, 6.07) is 3.57. The molecule has 0 fully saturated rings. The predicted molar refractivity (Wildman–Crippen MR) is 58.5 cm³/mol. The minimum absolute atomic E-state index is 0.335. The van der Waals surface area contributed by atoms with Gasteiger partial charge in [0, 0.05) is 9.99 Å². The Morgan fingerprint density at radius 1 is 1.33 bits per heavy atom. The zero-order valence-electron chi connectivity index (χ0n) is 7.64. The van der Waals surface area contributed by atoms with Gasteiger partial charge in [0.1, 0.15) is 6.29 Å². The second-order valence-electron chi connectivity index (χ2n) is 3.01. The van der Waals surface area contributed by atoms with Crippen LogP contribution >= 0.6 is 22.6 Å². The lowest BCUT2D eigenvalue weighted by Gasteiger charge is -2.09. The van der Waals surface area contributed by atoms with Crippen molar-refractivity contribution in [3.05, 3.63) is 32.9 Å². The summed E-state index contributed by atoms with van der Waals surface area (Å²) in [7, 11) is 0. The molecule has 82 valence electrons. The first kappa shape index (κ1) is 12.5. The zero-order chi connectivity index (χ0) is 11.5. The van der Waals surface area contributed by atoms with Crippen LogP contribution < -0.4 is 0 Å². The van der Waals surface area contributed by atoms with Gasteiger partial charge >= 0.3 is 6.18 Å². The predicted octanol–water partition coefficient (Wildman–Crippen LogP) is 3.44. The molecule has 0 saturated heterocycles. The number of carbonyl (C=O) groups excluding carboxylic acids is 1. The molecule has 1 aromatic rings. The number of hydrogen-bond donors (Lipinski definition) is 0. The Morgan fingerprint density at radius 3 is 2.47 bits per heavy atom. The number of halogens is 4. The van der Waals surface area contributed by atoms with Crippen molar-refractivity contribution >= 4 is 28.9 Å². The molecule has 0 radical (unpaired) electrons. The summed E-state index contributed by atoms with van der Waals surface area (Å²) >= 11 is 1.85. The highest BCUT2D eigenvalue weighted by molar-refractivity contribution is 14.1. The van der Waals surface area contributed by atoms with Gasteiger partial charge in [0.15, 0.2) is 0 Å². The molecule has 0 aliphatic heterocycles. The third-order valence-electron chi connectivity index (χ3n) is 1.91. The first-order valence-electron chi connectivity index (χ1n) is 4.24. The Bertz CT molecular complexity index is 360. The van der Waals surface area contributed by atoms with Gasteiger partial charge in [-0.05, 0) is 46.7 Å². The summed E-state index contributed by atoms with van der Waals surface area (Å²) in [5.74, 6) is 0. The second kappa shape index (κ2) is 4.96. The van der Waals surface area contributed by atoms with E-state index in [9.17, 15) is 18.0 Å². The summed E-state index contributed by atoms with van der Waals surface area (Å²) < 4.78 is 37.4. The summed E-state index contributed by atoms with van der Waals surface area (Å²) in [4.78, 5) is 10.1. The molecule has 1 rings (SSSR count). The average molecular weight is 328 g/mol. The van der Waals surface area contributed by atoms with Gasteiger partial charge < -0.3 is 4.79 Å². The number of aryl methyl sites for hydroxylation is 1. The Labute approximate surface area is 98.8 Å². The fourth-order valence-electron chi connectivity index (χ4n) is 1.14. The van der Waals surface area contributed by atoms with Crippen molar-refractivity contribution < 1.29 is 18.0 Å². The Hall–Kier alpha value is -0.590. The molecule has 0 atom stereocenters. The van der Waals surface area contributed by atoms with Crippen LogP contribution in [0.3, 0.4) is 0 Å². The third kappa shape index (κ3) is 3.48. The van der Waals surface area contributed by atoms with Crippen molar-refractivity contribution in [1.29, 1.82) is 0 Å². The number of hydrogen-bond acceptors (Lipinski definition) is 1. The first-order valence-corrected chi connectivity index (χ1v) is 5.32. The van der Waals surface area contributed by atoms with E-state index in [1.807, 2.05) is 22.6 Å². The van der Waals surface area contributed by atoms with Crippen LogP contribution in [0.1, 0.15) is 17.5 Å². The SMILES string of the molecule is O=CCCc1ccc(C(F)(F)F)cc1I. The lowest BCUT2D eigenvalue weighted by Crippen LogP contribution is -2.06. The minimum atomic E-state index is -4.30. The number of carbonyl (C=O) groups is 1. The maximum atomic E-state index is 12.3. The Kier molecular flexibility index (Phi) is 4.12. The molecule has 0 unspecified atom stereocenters.